The molecule has 2 aliphatic heterocycles. The van der Waals surface area contributed by atoms with Crippen molar-refractivity contribution in [3.05, 3.63) is 62.5 Å². The number of fused-ring (bicyclic) bond motifs is 1. The molecule has 8 heteroatoms. The van der Waals surface area contributed by atoms with Crippen molar-refractivity contribution in [2.24, 2.45) is 11.1 Å². The van der Waals surface area contributed by atoms with E-state index in [1.165, 1.54) is 12.1 Å². The van der Waals surface area contributed by atoms with E-state index in [1.54, 1.807) is 6.07 Å². The molecule has 0 N–H and O–H groups in total. The lowest BCUT2D eigenvalue weighted by Gasteiger charge is -2.17. The first-order valence-electron chi connectivity index (χ1n) is 7.30. The maximum absolute atomic E-state index is 12.9. The standard InChI is InChI=1S/C17H9BrCl2N2O3/c18-9-3-1-8(2-4-9)14-13-15(25-21-14)17(24)22(16(13)23)12-6-5-10(19)7-11(12)20/h1-7,13,15H/t13-,15+/m0/s1. The Morgan fingerprint density at radius 1 is 1.04 bits per heavy atom. The topological polar surface area (TPSA) is 59.0 Å². The van der Waals surface area contributed by atoms with Crippen LogP contribution in [-0.4, -0.2) is 23.6 Å². The van der Waals surface area contributed by atoms with Crippen LogP contribution in [0.5, 0.6) is 0 Å². The van der Waals surface area contributed by atoms with Gasteiger partial charge in [0.1, 0.15) is 11.6 Å². The van der Waals surface area contributed by atoms with Crippen LogP contribution in [0.2, 0.25) is 10.0 Å². The summed E-state index contributed by atoms with van der Waals surface area (Å²) in [6.07, 6.45) is -0.974. The second kappa shape index (κ2) is 6.12. The summed E-state index contributed by atoms with van der Waals surface area (Å²) in [5.74, 6) is -1.70. The number of anilines is 1. The summed E-state index contributed by atoms with van der Waals surface area (Å²) in [4.78, 5) is 31.9. The molecule has 0 spiro atoms. The average Bonchev–Trinajstić information content (AvgIpc) is 3.11. The van der Waals surface area contributed by atoms with Crippen molar-refractivity contribution in [3.63, 3.8) is 0 Å². The van der Waals surface area contributed by atoms with Gasteiger partial charge in [0.2, 0.25) is 12.0 Å². The lowest BCUT2D eigenvalue weighted by molar-refractivity contribution is -0.126. The average molecular weight is 440 g/mol. The Morgan fingerprint density at radius 3 is 2.44 bits per heavy atom. The highest BCUT2D eigenvalue weighted by atomic mass is 79.9. The Hall–Kier alpha value is -1.89. The molecule has 0 aliphatic carbocycles. The van der Waals surface area contributed by atoms with Crippen LogP contribution in [0.15, 0.2) is 52.1 Å². The molecule has 2 aromatic rings. The number of carbonyl (C=O) groups excluding carboxylic acids is 2. The van der Waals surface area contributed by atoms with Gasteiger partial charge in [-0.3, -0.25) is 9.59 Å². The minimum absolute atomic E-state index is 0.219. The first-order chi connectivity index (χ1) is 12.0. The molecule has 2 amide bonds. The predicted octanol–water partition coefficient (Wildman–Crippen LogP) is 4.05. The molecule has 0 bridgehead atoms. The molecule has 4 rings (SSSR count). The molecule has 5 nitrogen and oxygen atoms in total. The van der Waals surface area contributed by atoms with Gasteiger partial charge in [-0.1, -0.05) is 56.4 Å². The van der Waals surface area contributed by atoms with Crippen molar-refractivity contribution < 1.29 is 14.4 Å². The maximum Gasteiger partial charge on any atom is 0.279 e. The Kier molecular flexibility index (Phi) is 4.06. The zero-order chi connectivity index (χ0) is 17.7. The molecule has 0 radical (unpaired) electrons. The molecule has 25 heavy (non-hydrogen) atoms. The molecular weight excluding hydrogens is 431 g/mol. The largest absolute Gasteiger partial charge is 0.381 e. The molecular formula is C17H9BrCl2N2O3. The second-order valence-electron chi connectivity index (χ2n) is 5.59. The fraction of sp³-hybridized carbons (Fsp3) is 0.118. The van der Waals surface area contributed by atoms with E-state index in [0.717, 1.165) is 14.9 Å². The van der Waals surface area contributed by atoms with Gasteiger partial charge in [0, 0.05) is 15.1 Å². The van der Waals surface area contributed by atoms with Crippen LogP contribution in [-0.2, 0) is 14.4 Å². The van der Waals surface area contributed by atoms with E-state index in [4.69, 9.17) is 28.0 Å². The molecule has 1 fully saturated rings. The summed E-state index contributed by atoms with van der Waals surface area (Å²) in [6.45, 7) is 0. The highest BCUT2D eigenvalue weighted by Crippen LogP contribution is 2.38. The van der Waals surface area contributed by atoms with Crippen molar-refractivity contribution in [3.8, 4) is 0 Å². The summed E-state index contributed by atoms with van der Waals surface area (Å²) in [7, 11) is 0. The van der Waals surface area contributed by atoms with Crippen molar-refractivity contribution in [2.75, 3.05) is 4.90 Å². The minimum Gasteiger partial charge on any atom is -0.381 e. The molecule has 126 valence electrons. The van der Waals surface area contributed by atoms with Crippen molar-refractivity contribution in [1.82, 2.24) is 0 Å². The van der Waals surface area contributed by atoms with Gasteiger partial charge in [0.05, 0.1) is 10.7 Å². The number of carbonyl (C=O) groups is 2. The zero-order valence-electron chi connectivity index (χ0n) is 12.4. The Bertz CT molecular complexity index is 930. The van der Waals surface area contributed by atoms with Crippen LogP contribution in [0, 0.1) is 5.92 Å². The van der Waals surface area contributed by atoms with Crippen molar-refractivity contribution in [1.29, 1.82) is 0 Å². The predicted molar refractivity (Wildman–Crippen MR) is 98.0 cm³/mol. The fourth-order valence-electron chi connectivity index (χ4n) is 2.94. The van der Waals surface area contributed by atoms with E-state index in [2.05, 4.69) is 21.1 Å². The van der Waals surface area contributed by atoms with Crippen LogP contribution in [0.25, 0.3) is 0 Å². The number of nitrogens with zero attached hydrogens (tertiary/aromatic N) is 2. The molecule has 1 saturated heterocycles. The van der Waals surface area contributed by atoms with Gasteiger partial charge in [0.25, 0.3) is 5.91 Å². The molecule has 2 atom stereocenters. The van der Waals surface area contributed by atoms with Crippen LogP contribution in [0.3, 0.4) is 0 Å². The van der Waals surface area contributed by atoms with Crippen molar-refractivity contribution in [2.45, 2.75) is 6.10 Å². The van der Waals surface area contributed by atoms with Gasteiger partial charge >= 0.3 is 0 Å². The third-order valence-electron chi connectivity index (χ3n) is 4.10. The summed E-state index contributed by atoms with van der Waals surface area (Å²) in [6, 6.07) is 11.9. The third-order valence-corrected chi connectivity index (χ3v) is 5.17. The fourth-order valence-corrected chi connectivity index (χ4v) is 3.69. The normalized spacial score (nSPS) is 22.0. The zero-order valence-corrected chi connectivity index (χ0v) is 15.5. The quantitative estimate of drug-likeness (QED) is 0.663. The van der Waals surface area contributed by atoms with Crippen LogP contribution < -0.4 is 4.90 Å². The molecule has 0 unspecified atom stereocenters. The van der Waals surface area contributed by atoms with E-state index in [9.17, 15) is 9.59 Å². The monoisotopic (exact) mass is 438 g/mol. The van der Waals surface area contributed by atoms with Crippen molar-refractivity contribution >= 4 is 62.3 Å². The van der Waals surface area contributed by atoms with Crippen LogP contribution in [0.4, 0.5) is 5.69 Å². The van der Waals surface area contributed by atoms with Crippen LogP contribution in [0.1, 0.15) is 5.56 Å². The van der Waals surface area contributed by atoms with Gasteiger partial charge in [-0.15, -0.1) is 0 Å². The van der Waals surface area contributed by atoms with E-state index < -0.39 is 23.8 Å². The number of oxime groups is 1. The van der Waals surface area contributed by atoms with Crippen LogP contribution >= 0.6 is 39.1 Å². The molecule has 0 aromatic heterocycles. The molecule has 2 aliphatic rings. The number of hydrogen-bond acceptors (Lipinski definition) is 4. The smallest absolute Gasteiger partial charge is 0.279 e. The number of benzene rings is 2. The summed E-state index contributed by atoms with van der Waals surface area (Å²) >= 11 is 15.4. The first-order valence-corrected chi connectivity index (χ1v) is 8.85. The lowest BCUT2D eigenvalue weighted by atomic mass is 9.94. The highest BCUT2D eigenvalue weighted by molar-refractivity contribution is 9.10. The molecule has 2 aromatic carbocycles. The number of rotatable bonds is 2. The summed E-state index contributed by atoms with van der Waals surface area (Å²) < 4.78 is 0.899. The Morgan fingerprint density at radius 2 is 1.76 bits per heavy atom. The van der Waals surface area contributed by atoms with E-state index in [1.807, 2.05) is 24.3 Å². The van der Waals surface area contributed by atoms with E-state index in [0.29, 0.717) is 10.7 Å². The lowest BCUT2D eigenvalue weighted by Crippen LogP contribution is -2.33. The third kappa shape index (κ3) is 2.65. The van der Waals surface area contributed by atoms with Gasteiger partial charge < -0.3 is 4.84 Å². The van der Waals surface area contributed by atoms with Gasteiger partial charge in [0.15, 0.2) is 0 Å². The summed E-state index contributed by atoms with van der Waals surface area (Å²) in [5.41, 5.74) is 1.44. The molecule has 2 heterocycles. The Balaban J connectivity index is 1.72. The number of imide groups is 1. The molecule has 0 saturated carbocycles. The SMILES string of the molecule is O=C1[C@H]2C(c3ccc(Br)cc3)=NO[C@H]2C(=O)N1c1ccc(Cl)cc1Cl. The Labute approximate surface area is 161 Å². The highest BCUT2D eigenvalue weighted by Gasteiger charge is 2.56. The van der Waals surface area contributed by atoms with E-state index >= 15 is 0 Å². The minimum atomic E-state index is -0.974. The van der Waals surface area contributed by atoms with E-state index in [-0.39, 0.29) is 10.7 Å². The number of hydrogen-bond donors (Lipinski definition) is 0. The maximum atomic E-state index is 12.9. The first kappa shape index (κ1) is 16.6. The number of amides is 2. The summed E-state index contributed by atoms with van der Waals surface area (Å²) in [5, 5.41) is 4.60. The van der Waals surface area contributed by atoms with Gasteiger partial charge in [-0.2, -0.15) is 0 Å². The number of halogens is 3. The second-order valence-corrected chi connectivity index (χ2v) is 7.35. The van der Waals surface area contributed by atoms with Gasteiger partial charge in [-0.05, 0) is 30.3 Å². The van der Waals surface area contributed by atoms with Gasteiger partial charge in [-0.25, -0.2) is 4.90 Å².